The average molecular weight is 366 g/mol. The summed E-state index contributed by atoms with van der Waals surface area (Å²) in [6.45, 7) is 2.70. The standard InChI is InChI=1S/C20H22N4OS/c1-2-3-9-19-22-23-20(26)24(19)21-14-16-10-12-18(13-11-16)25-15-17-7-5-4-6-8-17/h4-8,10-14H,2-3,9,15H2,1H3,(H,23,26)/b21-14+. The largest absolute Gasteiger partial charge is 0.489 e. The highest BCUT2D eigenvalue weighted by Gasteiger charge is 2.04. The highest BCUT2D eigenvalue weighted by molar-refractivity contribution is 7.71. The Balaban J connectivity index is 1.63. The van der Waals surface area contributed by atoms with Crippen LogP contribution in [0.15, 0.2) is 59.7 Å². The lowest BCUT2D eigenvalue weighted by molar-refractivity contribution is 0.306. The van der Waals surface area contributed by atoms with E-state index in [0.717, 1.165) is 42.0 Å². The van der Waals surface area contributed by atoms with E-state index in [9.17, 15) is 0 Å². The summed E-state index contributed by atoms with van der Waals surface area (Å²) in [5, 5.41) is 11.5. The van der Waals surface area contributed by atoms with Crippen LogP contribution in [0.4, 0.5) is 0 Å². The molecule has 0 atom stereocenters. The minimum Gasteiger partial charge on any atom is -0.489 e. The van der Waals surface area contributed by atoms with Gasteiger partial charge in [0.1, 0.15) is 12.4 Å². The summed E-state index contributed by atoms with van der Waals surface area (Å²) in [4.78, 5) is 0. The van der Waals surface area contributed by atoms with Gasteiger partial charge in [0.05, 0.1) is 6.21 Å². The molecule has 0 fully saturated rings. The molecule has 0 radical (unpaired) electrons. The van der Waals surface area contributed by atoms with Gasteiger partial charge in [0.25, 0.3) is 0 Å². The number of nitrogens with one attached hydrogen (secondary N) is 1. The van der Waals surface area contributed by atoms with Crippen molar-refractivity contribution in [3.05, 3.63) is 76.3 Å². The van der Waals surface area contributed by atoms with Crippen molar-refractivity contribution in [1.29, 1.82) is 0 Å². The zero-order valence-electron chi connectivity index (χ0n) is 14.8. The Hall–Kier alpha value is -2.73. The van der Waals surface area contributed by atoms with E-state index in [1.165, 1.54) is 0 Å². The van der Waals surface area contributed by atoms with Crippen LogP contribution in [0.3, 0.4) is 0 Å². The number of aromatic nitrogens is 3. The van der Waals surface area contributed by atoms with E-state index in [-0.39, 0.29) is 0 Å². The topological polar surface area (TPSA) is 55.2 Å². The Morgan fingerprint density at radius 3 is 2.65 bits per heavy atom. The summed E-state index contributed by atoms with van der Waals surface area (Å²) < 4.78 is 7.99. The molecule has 1 N–H and O–H groups in total. The van der Waals surface area contributed by atoms with E-state index in [4.69, 9.17) is 17.0 Å². The number of aryl methyl sites for hydroxylation is 1. The maximum atomic E-state index is 5.80. The van der Waals surface area contributed by atoms with E-state index in [0.29, 0.717) is 11.4 Å². The molecule has 5 nitrogen and oxygen atoms in total. The SMILES string of the molecule is CCCCc1n[nH]c(=S)n1/N=C/c1ccc(OCc2ccccc2)cc1. The van der Waals surface area contributed by atoms with E-state index < -0.39 is 0 Å². The molecule has 0 aliphatic carbocycles. The number of hydrogen-bond acceptors (Lipinski definition) is 4. The summed E-state index contributed by atoms with van der Waals surface area (Å²) in [6.07, 6.45) is 4.80. The number of unbranched alkanes of at least 4 members (excludes halogenated alkanes) is 1. The van der Waals surface area contributed by atoms with E-state index >= 15 is 0 Å². The fourth-order valence-corrected chi connectivity index (χ4v) is 2.65. The monoisotopic (exact) mass is 366 g/mol. The van der Waals surface area contributed by atoms with Gasteiger partial charge in [0.15, 0.2) is 5.82 Å². The van der Waals surface area contributed by atoms with Crippen LogP contribution in [0.25, 0.3) is 0 Å². The molecular weight excluding hydrogens is 344 g/mol. The molecule has 0 amide bonds. The second kappa shape index (κ2) is 9.10. The molecule has 3 rings (SSSR count). The smallest absolute Gasteiger partial charge is 0.216 e. The first-order valence-electron chi connectivity index (χ1n) is 8.73. The molecule has 1 heterocycles. The summed E-state index contributed by atoms with van der Waals surface area (Å²) in [5.41, 5.74) is 2.12. The first-order chi connectivity index (χ1) is 12.8. The van der Waals surface area contributed by atoms with Gasteiger partial charge in [-0.2, -0.15) is 14.9 Å². The van der Waals surface area contributed by atoms with Crippen LogP contribution < -0.4 is 4.74 Å². The van der Waals surface area contributed by atoms with Crippen molar-refractivity contribution >= 4 is 18.4 Å². The molecule has 2 aromatic carbocycles. The second-order valence-electron chi connectivity index (χ2n) is 5.95. The fraction of sp³-hybridized carbons (Fsp3) is 0.250. The van der Waals surface area contributed by atoms with Crippen molar-refractivity contribution in [3.8, 4) is 5.75 Å². The predicted molar refractivity (Wildman–Crippen MR) is 106 cm³/mol. The van der Waals surface area contributed by atoms with Crippen LogP contribution in [-0.2, 0) is 13.0 Å². The molecular formula is C20H22N4OS. The normalized spacial score (nSPS) is 11.1. The Labute approximate surface area is 158 Å². The molecule has 6 heteroatoms. The highest BCUT2D eigenvalue weighted by atomic mass is 32.1. The lowest BCUT2D eigenvalue weighted by Crippen LogP contribution is -1.99. The number of H-pyrrole nitrogens is 1. The molecule has 3 aromatic rings. The van der Waals surface area contributed by atoms with Crippen LogP contribution >= 0.6 is 12.2 Å². The molecule has 1 aromatic heterocycles. The van der Waals surface area contributed by atoms with Crippen molar-refractivity contribution < 1.29 is 4.74 Å². The second-order valence-corrected chi connectivity index (χ2v) is 6.33. The third-order valence-electron chi connectivity index (χ3n) is 3.92. The van der Waals surface area contributed by atoms with E-state index in [1.807, 2.05) is 54.6 Å². The maximum Gasteiger partial charge on any atom is 0.216 e. The third-order valence-corrected chi connectivity index (χ3v) is 4.19. The maximum absolute atomic E-state index is 5.80. The van der Waals surface area contributed by atoms with Crippen molar-refractivity contribution in [2.24, 2.45) is 5.10 Å². The molecule has 26 heavy (non-hydrogen) atoms. The van der Waals surface area contributed by atoms with Crippen LogP contribution in [0.2, 0.25) is 0 Å². The molecule has 0 saturated carbocycles. The molecule has 0 spiro atoms. The first kappa shape index (κ1) is 18.1. The zero-order chi connectivity index (χ0) is 18.2. The molecule has 0 saturated heterocycles. The minimum absolute atomic E-state index is 0.509. The van der Waals surface area contributed by atoms with Crippen LogP contribution in [-0.4, -0.2) is 21.1 Å². The average Bonchev–Trinajstić information content (AvgIpc) is 3.04. The van der Waals surface area contributed by atoms with Gasteiger partial charge in [-0.1, -0.05) is 43.7 Å². The van der Waals surface area contributed by atoms with Crippen LogP contribution in [0.5, 0.6) is 5.75 Å². The van der Waals surface area contributed by atoms with Gasteiger partial charge < -0.3 is 4.74 Å². The summed E-state index contributed by atoms with van der Waals surface area (Å²) in [6, 6.07) is 17.9. The van der Waals surface area contributed by atoms with Crippen molar-refractivity contribution in [2.75, 3.05) is 0 Å². The van der Waals surface area contributed by atoms with Gasteiger partial charge in [0, 0.05) is 6.42 Å². The van der Waals surface area contributed by atoms with Crippen molar-refractivity contribution in [3.63, 3.8) is 0 Å². The van der Waals surface area contributed by atoms with Crippen LogP contribution in [0, 0.1) is 4.77 Å². The van der Waals surface area contributed by atoms with Crippen molar-refractivity contribution in [1.82, 2.24) is 14.9 Å². The Kier molecular flexibility index (Phi) is 6.33. The van der Waals surface area contributed by atoms with Crippen LogP contribution in [0.1, 0.15) is 36.7 Å². The first-order valence-corrected chi connectivity index (χ1v) is 9.14. The number of ether oxygens (including phenoxy) is 1. The quantitative estimate of drug-likeness (QED) is 0.462. The molecule has 0 aliphatic heterocycles. The number of hydrogen-bond donors (Lipinski definition) is 1. The lowest BCUT2D eigenvalue weighted by Gasteiger charge is -2.06. The number of aromatic amines is 1. The predicted octanol–water partition coefficient (Wildman–Crippen LogP) is 4.74. The van der Waals surface area contributed by atoms with Gasteiger partial charge >= 0.3 is 0 Å². The Morgan fingerprint density at radius 1 is 1.15 bits per heavy atom. The molecule has 134 valence electrons. The van der Waals surface area contributed by atoms with E-state index in [2.05, 4.69) is 22.2 Å². The zero-order valence-corrected chi connectivity index (χ0v) is 15.6. The third kappa shape index (κ3) is 4.89. The van der Waals surface area contributed by atoms with Gasteiger partial charge in [-0.05, 0) is 54.0 Å². The Bertz CT molecular complexity index is 898. The molecule has 0 bridgehead atoms. The number of nitrogens with zero attached hydrogens (tertiary/aromatic N) is 3. The highest BCUT2D eigenvalue weighted by Crippen LogP contribution is 2.13. The van der Waals surface area contributed by atoms with Crippen molar-refractivity contribution in [2.45, 2.75) is 32.8 Å². The number of benzene rings is 2. The lowest BCUT2D eigenvalue weighted by atomic mass is 10.2. The Morgan fingerprint density at radius 2 is 1.92 bits per heavy atom. The summed E-state index contributed by atoms with van der Waals surface area (Å²) >= 11 is 5.25. The van der Waals surface area contributed by atoms with E-state index in [1.54, 1.807) is 10.9 Å². The summed E-state index contributed by atoms with van der Waals surface area (Å²) in [5.74, 6) is 1.69. The van der Waals surface area contributed by atoms with Gasteiger partial charge in [-0.3, -0.25) is 5.10 Å². The number of rotatable bonds is 8. The fourth-order valence-electron chi connectivity index (χ4n) is 2.46. The molecule has 0 unspecified atom stereocenters. The summed E-state index contributed by atoms with van der Waals surface area (Å²) in [7, 11) is 0. The van der Waals surface area contributed by atoms with Gasteiger partial charge in [0.2, 0.25) is 4.77 Å². The van der Waals surface area contributed by atoms with Gasteiger partial charge in [-0.15, -0.1) is 0 Å². The van der Waals surface area contributed by atoms with Gasteiger partial charge in [-0.25, -0.2) is 0 Å². The minimum atomic E-state index is 0.509. The molecule has 0 aliphatic rings.